The van der Waals surface area contributed by atoms with E-state index >= 15 is 0 Å². The lowest BCUT2D eigenvalue weighted by atomic mass is 9.93. The topological polar surface area (TPSA) is 0 Å². The first-order valence-corrected chi connectivity index (χ1v) is 7.76. The summed E-state index contributed by atoms with van der Waals surface area (Å²) in [6.07, 6.45) is 3.16. The van der Waals surface area contributed by atoms with Gasteiger partial charge in [0.15, 0.2) is 0 Å². The summed E-state index contributed by atoms with van der Waals surface area (Å²) in [6, 6.07) is 6.91. The van der Waals surface area contributed by atoms with Gasteiger partial charge in [-0.2, -0.15) is 0 Å². The summed E-state index contributed by atoms with van der Waals surface area (Å²) in [4.78, 5) is 0. The summed E-state index contributed by atoms with van der Waals surface area (Å²) >= 11 is 5.45. The van der Waals surface area contributed by atoms with E-state index in [2.05, 4.69) is 6.92 Å². The Balaban J connectivity index is 2.34. The number of benzene rings is 2. The second kappa shape index (κ2) is 7.19. The number of hydrogen-bond donors (Lipinski definition) is 0. The van der Waals surface area contributed by atoms with E-state index in [1.54, 1.807) is 6.07 Å². The molecule has 0 heterocycles. The molecule has 0 nitrogen and oxygen atoms in total. The molecule has 2 rings (SSSR count). The molecule has 0 saturated heterocycles. The molecule has 2 aromatic rings. The third kappa shape index (κ3) is 3.64. The maximum atomic E-state index is 14.3. The number of halogens is 4. The minimum Gasteiger partial charge on any atom is -0.206 e. The average molecular weight is 327 g/mol. The minimum absolute atomic E-state index is 0.143. The van der Waals surface area contributed by atoms with E-state index in [1.165, 1.54) is 6.07 Å². The van der Waals surface area contributed by atoms with Gasteiger partial charge in [0.25, 0.3) is 0 Å². The van der Waals surface area contributed by atoms with Gasteiger partial charge >= 0.3 is 0 Å². The Morgan fingerprint density at radius 2 is 1.64 bits per heavy atom. The van der Waals surface area contributed by atoms with Gasteiger partial charge in [0, 0.05) is 5.56 Å². The zero-order chi connectivity index (χ0) is 16.3. The molecule has 0 aliphatic carbocycles. The molecule has 2 aromatic carbocycles. The number of hydrogen-bond acceptors (Lipinski definition) is 0. The summed E-state index contributed by atoms with van der Waals surface area (Å²) in [5.74, 6) is -2.02. The molecular formula is C18H18ClF3. The van der Waals surface area contributed by atoms with Crippen LogP contribution in [0.25, 0.3) is 11.1 Å². The van der Waals surface area contributed by atoms with Crippen LogP contribution in [0.2, 0.25) is 5.02 Å². The Morgan fingerprint density at radius 3 is 2.18 bits per heavy atom. The molecule has 1 unspecified atom stereocenters. The van der Waals surface area contributed by atoms with Gasteiger partial charge in [-0.05, 0) is 41.7 Å². The average Bonchev–Trinajstić information content (AvgIpc) is 2.49. The predicted molar refractivity (Wildman–Crippen MR) is 84.7 cm³/mol. The summed E-state index contributed by atoms with van der Waals surface area (Å²) in [5.41, 5.74) is 1.20. The standard InChI is InChI=1S/C18H18ClF3/c1-3-4-5-11(2)12-6-7-14(15(20)8-12)13-9-16(21)18(19)17(22)10-13/h6-11H,3-5H2,1-2H3. The summed E-state index contributed by atoms with van der Waals surface area (Å²) in [6.45, 7) is 4.16. The van der Waals surface area contributed by atoms with Gasteiger partial charge in [-0.25, -0.2) is 13.2 Å². The van der Waals surface area contributed by atoms with Crippen LogP contribution in [0.4, 0.5) is 13.2 Å². The van der Waals surface area contributed by atoms with E-state index in [0.29, 0.717) is 0 Å². The predicted octanol–water partition coefficient (Wildman–Crippen LogP) is 6.72. The van der Waals surface area contributed by atoms with E-state index in [9.17, 15) is 13.2 Å². The van der Waals surface area contributed by atoms with Crippen molar-refractivity contribution < 1.29 is 13.2 Å². The highest BCUT2D eigenvalue weighted by molar-refractivity contribution is 6.31. The van der Waals surface area contributed by atoms with Crippen LogP contribution in [0.5, 0.6) is 0 Å². The van der Waals surface area contributed by atoms with E-state index in [4.69, 9.17) is 11.6 Å². The van der Waals surface area contributed by atoms with Gasteiger partial charge in [-0.3, -0.25) is 0 Å². The van der Waals surface area contributed by atoms with Gasteiger partial charge in [0.1, 0.15) is 22.5 Å². The lowest BCUT2D eigenvalue weighted by Gasteiger charge is -2.13. The maximum Gasteiger partial charge on any atom is 0.145 e. The maximum absolute atomic E-state index is 14.3. The Bertz CT molecular complexity index is 644. The Hall–Kier alpha value is -1.48. The van der Waals surface area contributed by atoms with Crippen molar-refractivity contribution in [3.63, 3.8) is 0 Å². The van der Waals surface area contributed by atoms with Crippen molar-refractivity contribution in [1.82, 2.24) is 0 Å². The first-order chi connectivity index (χ1) is 10.4. The highest BCUT2D eigenvalue weighted by atomic mass is 35.5. The van der Waals surface area contributed by atoms with Crippen LogP contribution in [0.1, 0.15) is 44.6 Å². The van der Waals surface area contributed by atoms with Crippen LogP contribution in [0, 0.1) is 17.5 Å². The normalized spacial score (nSPS) is 12.5. The second-order valence-electron chi connectivity index (χ2n) is 5.54. The van der Waals surface area contributed by atoms with Gasteiger partial charge in [0.05, 0.1) is 0 Å². The molecule has 0 saturated carbocycles. The van der Waals surface area contributed by atoms with Gasteiger partial charge in [-0.15, -0.1) is 0 Å². The lowest BCUT2D eigenvalue weighted by molar-refractivity contribution is 0.583. The molecule has 0 N–H and O–H groups in total. The Kier molecular flexibility index (Phi) is 5.52. The van der Waals surface area contributed by atoms with Crippen LogP contribution < -0.4 is 0 Å². The molecule has 0 fully saturated rings. The third-order valence-electron chi connectivity index (χ3n) is 3.85. The second-order valence-corrected chi connectivity index (χ2v) is 5.91. The number of unbranched alkanes of at least 4 members (excludes halogenated alkanes) is 1. The van der Waals surface area contributed by atoms with Crippen molar-refractivity contribution in [1.29, 1.82) is 0 Å². The van der Waals surface area contributed by atoms with Gasteiger partial charge in [0.2, 0.25) is 0 Å². The van der Waals surface area contributed by atoms with Crippen molar-refractivity contribution in [3.05, 3.63) is 58.4 Å². The molecule has 0 aliphatic rings. The summed E-state index contributed by atoms with van der Waals surface area (Å²) < 4.78 is 41.3. The van der Waals surface area contributed by atoms with Crippen LogP contribution in [-0.4, -0.2) is 0 Å². The van der Waals surface area contributed by atoms with E-state index in [0.717, 1.165) is 37.0 Å². The van der Waals surface area contributed by atoms with Crippen LogP contribution in [-0.2, 0) is 0 Å². The molecule has 0 aromatic heterocycles. The van der Waals surface area contributed by atoms with E-state index in [-0.39, 0.29) is 17.0 Å². The zero-order valence-corrected chi connectivity index (χ0v) is 13.4. The third-order valence-corrected chi connectivity index (χ3v) is 4.21. The van der Waals surface area contributed by atoms with Crippen LogP contribution in [0.15, 0.2) is 30.3 Å². The number of rotatable bonds is 5. The monoisotopic (exact) mass is 326 g/mol. The highest BCUT2D eigenvalue weighted by Gasteiger charge is 2.14. The first-order valence-electron chi connectivity index (χ1n) is 7.38. The zero-order valence-electron chi connectivity index (χ0n) is 12.6. The molecule has 0 radical (unpaired) electrons. The van der Waals surface area contributed by atoms with Crippen LogP contribution in [0.3, 0.4) is 0 Å². The van der Waals surface area contributed by atoms with Crippen molar-refractivity contribution in [2.24, 2.45) is 0 Å². The molecule has 118 valence electrons. The first kappa shape index (κ1) is 16.9. The lowest BCUT2D eigenvalue weighted by Crippen LogP contribution is -1.96. The van der Waals surface area contributed by atoms with E-state index in [1.807, 2.05) is 13.0 Å². The summed E-state index contributed by atoms with van der Waals surface area (Å²) in [7, 11) is 0. The van der Waals surface area contributed by atoms with Crippen molar-refractivity contribution >= 4 is 11.6 Å². The SMILES string of the molecule is CCCCC(C)c1ccc(-c2cc(F)c(Cl)c(F)c2)c(F)c1. The smallest absolute Gasteiger partial charge is 0.145 e. The Labute approximate surface area is 133 Å². The minimum atomic E-state index is -0.892. The van der Waals surface area contributed by atoms with Gasteiger partial charge < -0.3 is 0 Å². The molecule has 0 bridgehead atoms. The quantitative estimate of drug-likeness (QED) is 0.535. The molecule has 0 spiro atoms. The fraction of sp³-hybridized carbons (Fsp3) is 0.333. The fourth-order valence-corrected chi connectivity index (χ4v) is 2.57. The Morgan fingerprint density at radius 1 is 1.00 bits per heavy atom. The van der Waals surface area contributed by atoms with Crippen molar-refractivity contribution in [3.8, 4) is 11.1 Å². The van der Waals surface area contributed by atoms with Crippen molar-refractivity contribution in [2.45, 2.75) is 39.0 Å². The molecule has 1 atom stereocenters. The van der Waals surface area contributed by atoms with Gasteiger partial charge in [-0.1, -0.05) is 50.4 Å². The molecule has 4 heteroatoms. The molecular weight excluding hydrogens is 309 g/mol. The van der Waals surface area contributed by atoms with E-state index < -0.39 is 22.5 Å². The fourth-order valence-electron chi connectivity index (χ4n) is 2.46. The molecule has 0 aliphatic heterocycles. The molecule has 22 heavy (non-hydrogen) atoms. The van der Waals surface area contributed by atoms with Crippen molar-refractivity contribution in [2.75, 3.05) is 0 Å². The molecule has 0 amide bonds. The highest BCUT2D eigenvalue weighted by Crippen LogP contribution is 2.31. The van der Waals surface area contributed by atoms with Crippen LogP contribution >= 0.6 is 11.6 Å². The summed E-state index contributed by atoms with van der Waals surface area (Å²) in [5, 5.41) is -0.575. The largest absolute Gasteiger partial charge is 0.206 e.